The number of hydrogen-bond donors (Lipinski definition) is 1. The highest BCUT2D eigenvalue weighted by Gasteiger charge is 2.54. The Morgan fingerprint density at radius 3 is 2.91 bits per heavy atom. The van der Waals surface area contributed by atoms with Crippen molar-refractivity contribution in [3.63, 3.8) is 0 Å². The maximum atomic E-state index is 11.9. The van der Waals surface area contributed by atoms with E-state index in [1.807, 2.05) is 37.3 Å². The Morgan fingerprint density at radius 1 is 1.30 bits per heavy atom. The Hall–Kier alpha value is -2.54. The van der Waals surface area contributed by atoms with Crippen molar-refractivity contribution < 1.29 is 14.3 Å². The molecule has 5 heterocycles. The third-order valence-electron chi connectivity index (χ3n) is 7.68. The summed E-state index contributed by atoms with van der Waals surface area (Å²) in [7, 11) is 1.66. The van der Waals surface area contributed by atoms with Crippen LogP contribution in [0.1, 0.15) is 36.0 Å². The van der Waals surface area contributed by atoms with E-state index in [2.05, 4.69) is 27.6 Å². The van der Waals surface area contributed by atoms with Gasteiger partial charge >= 0.3 is 0 Å². The van der Waals surface area contributed by atoms with E-state index in [4.69, 9.17) is 16.3 Å². The number of aliphatic hydroxyl groups excluding tert-OH is 1. The lowest BCUT2D eigenvalue weighted by Gasteiger charge is -2.58. The lowest BCUT2D eigenvalue weighted by molar-refractivity contribution is -0.985. The smallest absolute Gasteiger partial charge is 0.133 e. The van der Waals surface area contributed by atoms with E-state index in [1.165, 1.54) is 0 Å². The van der Waals surface area contributed by atoms with Gasteiger partial charge in [-0.3, -0.25) is 4.98 Å². The fourth-order valence-electron chi connectivity index (χ4n) is 6.11. The highest BCUT2D eigenvalue weighted by atomic mass is 35.5. The molecule has 2 aromatic heterocycles. The predicted molar refractivity (Wildman–Crippen MR) is 129 cm³/mol. The second kappa shape index (κ2) is 8.67. The maximum absolute atomic E-state index is 11.9. The summed E-state index contributed by atoms with van der Waals surface area (Å²) in [5.41, 5.74) is 2.69. The highest BCUT2D eigenvalue weighted by Crippen LogP contribution is 2.48. The normalized spacial score (nSPS) is 27.5. The van der Waals surface area contributed by atoms with Crippen molar-refractivity contribution in [1.82, 2.24) is 15.0 Å². The van der Waals surface area contributed by atoms with Crippen LogP contribution in [0.25, 0.3) is 10.9 Å². The largest absolute Gasteiger partial charge is 0.497 e. The van der Waals surface area contributed by atoms with Gasteiger partial charge in [-0.1, -0.05) is 17.7 Å². The van der Waals surface area contributed by atoms with Gasteiger partial charge < -0.3 is 14.3 Å². The van der Waals surface area contributed by atoms with Crippen LogP contribution in [0.5, 0.6) is 5.75 Å². The number of nitrogens with zero attached hydrogens (tertiary/aromatic N) is 4. The first kappa shape index (κ1) is 22.3. The molecule has 7 heteroatoms. The number of hydrogen-bond acceptors (Lipinski definition) is 5. The zero-order valence-electron chi connectivity index (χ0n) is 19.1. The van der Waals surface area contributed by atoms with Crippen LogP contribution < -0.4 is 4.74 Å². The molecule has 4 unspecified atom stereocenters. The predicted octanol–water partition coefficient (Wildman–Crippen LogP) is 4.64. The molecule has 172 valence electrons. The van der Waals surface area contributed by atoms with Crippen molar-refractivity contribution in [3.8, 4) is 5.75 Å². The quantitative estimate of drug-likeness (QED) is 0.326. The topological polar surface area (TPSA) is 68.1 Å². The van der Waals surface area contributed by atoms with E-state index in [0.29, 0.717) is 29.4 Å². The summed E-state index contributed by atoms with van der Waals surface area (Å²) >= 11 is 6.27. The van der Waals surface area contributed by atoms with Crippen LogP contribution in [0.15, 0.2) is 49.2 Å². The molecule has 3 fully saturated rings. The van der Waals surface area contributed by atoms with Gasteiger partial charge in [-0.25, -0.2) is 9.97 Å². The monoisotopic (exact) mass is 465 g/mol. The molecular weight excluding hydrogens is 436 g/mol. The third-order valence-corrected chi connectivity index (χ3v) is 7.87. The fraction of sp³-hybridized carbons (Fsp3) is 0.423. The average molecular weight is 466 g/mol. The van der Waals surface area contributed by atoms with Gasteiger partial charge in [0, 0.05) is 36.4 Å². The molecule has 1 N–H and O–H groups in total. The minimum Gasteiger partial charge on any atom is -0.497 e. The van der Waals surface area contributed by atoms with Crippen molar-refractivity contribution in [3.05, 3.63) is 71.4 Å². The molecule has 0 aliphatic carbocycles. The van der Waals surface area contributed by atoms with Gasteiger partial charge in [0.25, 0.3) is 0 Å². The molecular formula is C26H30ClN4O2+. The number of benzene rings is 1. The van der Waals surface area contributed by atoms with Gasteiger partial charge in [0.1, 0.15) is 35.4 Å². The summed E-state index contributed by atoms with van der Waals surface area (Å²) < 4.78 is 6.22. The molecule has 5 atom stereocenters. The van der Waals surface area contributed by atoms with E-state index in [9.17, 15) is 5.11 Å². The van der Waals surface area contributed by atoms with Crippen molar-refractivity contribution in [2.75, 3.05) is 20.2 Å². The Labute approximate surface area is 199 Å². The second-order valence-electron chi connectivity index (χ2n) is 9.49. The Balaban J connectivity index is 1.57. The van der Waals surface area contributed by atoms with Gasteiger partial charge in [0.2, 0.25) is 0 Å². The van der Waals surface area contributed by atoms with E-state index < -0.39 is 6.10 Å². The van der Waals surface area contributed by atoms with E-state index in [0.717, 1.165) is 58.3 Å². The van der Waals surface area contributed by atoms with Gasteiger partial charge in [-0.2, -0.15) is 0 Å². The molecule has 0 amide bonds. The average Bonchev–Trinajstić information content (AvgIpc) is 2.82. The van der Waals surface area contributed by atoms with Gasteiger partial charge in [-0.05, 0) is 42.7 Å². The lowest BCUT2D eigenvalue weighted by Crippen LogP contribution is -2.67. The molecule has 0 saturated carbocycles. The standard InChI is InChI=1S/C26H30ClN4O2/c1-4-17-14-31(15-19-12-25(27)30-16(2)29-19)10-8-18(17)11-24(31)26(32)21-7-9-28-23-6-5-20(33-3)13-22(21)23/h4-7,9,12-13,17-18,24,26,32H,1,8,10-11,14-15H2,2-3H3/q+1/t17?,18?,24?,26-,31?/m1/s1. The molecule has 33 heavy (non-hydrogen) atoms. The summed E-state index contributed by atoms with van der Waals surface area (Å²) in [6, 6.07) is 9.68. The number of pyridine rings is 1. The Kier molecular flexibility index (Phi) is 5.85. The first-order valence-corrected chi connectivity index (χ1v) is 11.9. The Bertz CT molecular complexity index is 1180. The van der Waals surface area contributed by atoms with Gasteiger partial charge in [0.15, 0.2) is 0 Å². The first-order chi connectivity index (χ1) is 15.9. The van der Waals surface area contributed by atoms with Crippen molar-refractivity contribution >= 4 is 22.5 Å². The van der Waals surface area contributed by atoms with Crippen molar-refractivity contribution in [1.29, 1.82) is 0 Å². The maximum Gasteiger partial charge on any atom is 0.133 e. The summed E-state index contributed by atoms with van der Waals surface area (Å²) in [5.74, 6) is 2.42. The lowest BCUT2D eigenvalue weighted by atomic mass is 9.71. The molecule has 3 aliphatic rings. The minimum atomic E-state index is -0.630. The second-order valence-corrected chi connectivity index (χ2v) is 9.88. The van der Waals surface area contributed by atoms with Crippen LogP contribution >= 0.6 is 11.6 Å². The van der Waals surface area contributed by atoms with Crippen LogP contribution in [0.2, 0.25) is 5.15 Å². The number of methoxy groups -OCH3 is 1. The van der Waals surface area contributed by atoms with E-state index in [-0.39, 0.29) is 6.04 Å². The summed E-state index contributed by atoms with van der Waals surface area (Å²) in [4.78, 5) is 13.4. The zero-order chi connectivity index (χ0) is 23.2. The number of piperidine rings is 3. The van der Waals surface area contributed by atoms with E-state index in [1.54, 1.807) is 13.3 Å². The van der Waals surface area contributed by atoms with Gasteiger partial charge in [-0.15, -0.1) is 6.58 Å². The zero-order valence-corrected chi connectivity index (χ0v) is 19.9. The molecule has 3 aliphatic heterocycles. The number of halogens is 1. The number of quaternary nitrogens is 1. The molecule has 3 aromatic rings. The van der Waals surface area contributed by atoms with E-state index >= 15 is 0 Å². The molecule has 1 aromatic carbocycles. The molecule has 6 nitrogen and oxygen atoms in total. The highest BCUT2D eigenvalue weighted by molar-refractivity contribution is 6.29. The number of aromatic nitrogens is 3. The summed E-state index contributed by atoms with van der Waals surface area (Å²) in [6.45, 7) is 8.65. The molecule has 0 radical (unpaired) electrons. The minimum absolute atomic E-state index is 0.0470. The third kappa shape index (κ3) is 4.01. The van der Waals surface area contributed by atoms with Crippen LogP contribution in [0.3, 0.4) is 0 Å². The molecule has 6 rings (SSSR count). The molecule has 0 spiro atoms. The Morgan fingerprint density at radius 2 is 2.15 bits per heavy atom. The van der Waals surface area contributed by atoms with Crippen LogP contribution in [0, 0.1) is 18.8 Å². The number of aliphatic hydroxyl groups is 1. The number of fused-ring (bicyclic) bond motifs is 4. The molecule has 3 saturated heterocycles. The molecule has 2 bridgehead atoms. The number of rotatable bonds is 6. The number of aryl methyl sites for hydroxylation is 1. The van der Waals surface area contributed by atoms with Crippen molar-refractivity contribution in [2.45, 2.75) is 38.5 Å². The van der Waals surface area contributed by atoms with Crippen molar-refractivity contribution in [2.24, 2.45) is 11.8 Å². The summed E-state index contributed by atoms with van der Waals surface area (Å²) in [5, 5.41) is 13.3. The van der Waals surface area contributed by atoms with Gasteiger partial charge in [0.05, 0.1) is 31.4 Å². The van der Waals surface area contributed by atoms with Crippen LogP contribution in [0.4, 0.5) is 0 Å². The SMILES string of the molecule is C=CC1C[N+]2(Cc3cc(Cl)nc(C)n3)CCC1CC2[C@H](O)c1ccnc2ccc(OC)cc12. The van der Waals surface area contributed by atoms with Crippen LogP contribution in [-0.2, 0) is 6.54 Å². The fourth-order valence-corrected chi connectivity index (χ4v) is 6.36. The number of ether oxygens (including phenoxy) is 1. The first-order valence-electron chi connectivity index (χ1n) is 11.5. The summed E-state index contributed by atoms with van der Waals surface area (Å²) in [6.07, 6.45) is 5.33. The van der Waals surface area contributed by atoms with Crippen LogP contribution in [-0.4, -0.2) is 50.8 Å².